The molecule has 0 aliphatic carbocycles. The van der Waals surface area contributed by atoms with Gasteiger partial charge in [-0.15, -0.1) is 0 Å². The Bertz CT molecular complexity index is 1520. The van der Waals surface area contributed by atoms with Crippen LogP contribution in [0, 0.1) is 12.5 Å². The highest BCUT2D eigenvalue weighted by atomic mass is 35.5. The van der Waals surface area contributed by atoms with Crippen molar-refractivity contribution >= 4 is 35.0 Å². The highest BCUT2D eigenvalue weighted by molar-refractivity contribution is 6.34. The van der Waals surface area contributed by atoms with Crippen LogP contribution in [0.1, 0.15) is 42.6 Å². The summed E-state index contributed by atoms with van der Waals surface area (Å²) in [7, 11) is 1.61. The van der Waals surface area contributed by atoms with Gasteiger partial charge in [-0.05, 0) is 47.2 Å². The van der Waals surface area contributed by atoms with E-state index in [1.807, 2.05) is 74.5 Å². The van der Waals surface area contributed by atoms with Gasteiger partial charge in [0.25, 0.3) is 11.8 Å². The number of halogens is 1. The van der Waals surface area contributed by atoms with Gasteiger partial charge >= 0.3 is 6.17 Å². The van der Waals surface area contributed by atoms with Crippen molar-refractivity contribution in [3.8, 4) is 11.1 Å². The van der Waals surface area contributed by atoms with Crippen molar-refractivity contribution < 1.29 is 14.4 Å². The lowest BCUT2D eigenvalue weighted by atomic mass is 9.80. The van der Waals surface area contributed by atoms with Crippen LogP contribution in [0.25, 0.3) is 16.0 Å². The largest absolute Gasteiger partial charge is 0.330 e. The minimum absolute atomic E-state index is 0.0859. The summed E-state index contributed by atoms with van der Waals surface area (Å²) in [5.74, 6) is -0.824. The number of carbonyl (C=O) groups excluding carboxylic acids is 3. The number of likely N-dealkylation sites (N-methyl/N-ethyl adjacent to an activating group) is 1. The fraction of sp³-hybridized carbons (Fsp3) is 0.312. The molecule has 40 heavy (non-hydrogen) atoms. The Morgan fingerprint density at radius 2 is 1.80 bits per heavy atom. The first kappa shape index (κ1) is 27.4. The SMILES string of the molecule is [C-]#[N+][C@@H]1C[C@@]2(CN1C(=O)[C@H](CC(C)C)N(C)C(=O)c1cc(-c3ccccc3)ccc1Cl)C(=O)Nc1ccccc12. The van der Waals surface area contributed by atoms with Crippen LogP contribution in [0.3, 0.4) is 0 Å². The lowest BCUT2D eigenvalue weighted by molar-refractivity contribution is -0.136. The number of hydrogen-bond donors (Lipinski definition) is 1. The van der Waals surface area contributed by atoms with Gasteiger partial charge in [-0.1, -0.05) is 80.0 Å². The molecular formula is C32H31ClN4O3. The highest BCUT2D eigenvalue weighted by Gasteiger charge is 2.59. The fourth-order valence-electron chi connectivity index (χ4n) is 5.85. The van der Waals surface area contributed by atoms with Gasteiger partial charge in [0.1, 0.15) is 11.5 Å². The summed E-state index contributed by atoms with van der Waals surface area (Å²) >= 11 is 6.50. The molecule has 0 saturated carbocycles. The predicted molar refractivity (Wildman–Crippen MR) is 156 cm³/mol. The predicted octanol–water partition coefficient (Wildman–Crippen LogP) is 5.86. The van der Waals surface area contributed by atoms with Crippen LogP contribution in [-0.4, -0.2) is 53.3 Å². The van der Waals surface area contributed by atoms with Crippen LogP contribution >= 0.6 is 11.6 Å². The third-order valence-corrected chi connectivity index (χ3v) is 8.29. The van der Waals surface area contributed by atoms with Gasteiger partial charge in [-0.25, -0.2) is 6.57 Å². The van der Waals surface area contributed by atoms with Crippen LogP contribution in [0.2, 0.25) is 5.02 Å². The Kier molecular flexibility index (Phi) is 7.39. The van der Waals surface area contributed by atoms with E-state index in [1.54, 1.807) is 19.2 Å². The number of likely N-dealkylation sites (tertiary alicyclic amines) is 1. The van der Waals surface area contributed by atoms with Crippen LogP contribution < -0.4 is 5.32 Å². The Hall–Kier alpha value is -4.15. The van der Waals surface area contributed by atoms with E-state index in [-0.39, 0.29) is 36.6 Å². The van der Waals surface area contributed by atoms with Gasteiger partial charge in [0.2, 0.25) is 5.91 Å². The number of carbonyl (C=O) groups is 3. The lowest BCUT2D eigenvalue weighted by Gasteiger charge is -2.32. The molecule has 5 rings (SSSR count). The maximum Gasteiger partial charge on any atom is 0.302 e. The molecule has 0 aromatic heterocycles. The van der Waals surface area contributed by atoms with Crippen LogP contribution in [0.15, 0.2) is 72.8 Å². The number of nitrogens with one attached hydrogen (secondary N) is 1. The smallest absolute Gasteiger partial charge is 0.302 e. The first-order valence-electron chi connectivity index (χ1n) is 13.4. The molecule has 2 heterocycles. The summed E-state index contributed by atoms with van der Waals surface area (Å²) in [5.41, 5.74) is 2.62. The first-order chi connectivity index (χ1) is 19.2. The van der Waals surface area contributed by atoms with Gasteiger partial charge in [0, 0.05) is 19.3 Å². The number of para-hydroxylation sites is 1. The number of anilines is 1. The molecular weight excluding hydrogens is 524 g/mol. The zero-order valence-corrected chi connectivity index (χ0v) is 23.5. The summed E-state index contributed by atoms with van der Waals surface area (Å²) in [6.07, 6.45) is -0.205. The van der Waals surface area contributed by atoms with Crippen molar-refractivity contribution in [2.24, 2.45) is 5.92 Å². The zero-order valence-electron chi connectivity index (χ0n) is 22.7. The Labute approximate surface area is 239 Å². The molecule has 0 unspecified atom stereocenters. The lowest BCUT2D eigenvalue weighted by Crippen LogP contribution is -2.51. The molecule has 1 saturated heterocycles. The number of hydrogen-bond acceptors (Lipinski definition) is 3. The molecule has 7 nitrogen and oxygen atoms in total. The third-order valence-electron chi connectivity index (χ3n) is 7.96. The van der Waals surface area contributed by atoms with Crippen molar-refractivity contribution in [1.82, 2.24) is 9.80 Å². The van der Waals surface area contributed by atoms with Crippen LogP contribution in [0.4, 0.5) is 5.69 Å². The molecule has 3 aromatic rings. The summed E-state index contributed by atoms with van der Waals surface area (Å²) < 4.78 is 0. The topological polar surface area (TPSA) is 74.1 Å². The summed E-state index contributed by atoms with van der Waals surface area (Å²) in [6.45, 7) is 11.9. The monoisotopic (exact) mass is 554 g/mol. The molecule has 0 radical (unpaired) electrons. The number of nitrogens with zero attached hydrogens (tertiary/aromatic N) is 3. The maximum absolute atomic E-state index is 14.2. The molecule has 3 aromatic carbocycles. The molecule has 2 aliphatic rings. The van der Waals surface area contributed by atoms with Crippen molar-refractivity contribution in [2.45, 2.75) is 44.3 Å². The average molecular weight is 555 g/mol. The van der Waals surface area contributed by atoms with Crippen LogP contribution in [-0.2, 0) is 15.0 Å². The molecule has 3 atom stereocenters. The van der Waals surface area contributed by atoms with E-state index in [4.69, 9.17) is 18.2 Å². The molecule has 0 bridgehead atoms. The molecule has 1 N–H and O–H groups in total. The van der Waals surface area contributed by atoms with E-state index in [0.717, 1.165) is 16.7 Å². The summed E-state index contributed by atoms with van der Waals surface area (Å²) in [6, 6.07) is 21.6. The Morgan fingerprint density at radius 3 is 2.50 bits per heavy atom. The average Bonchev–Trinajstić information content (AvgIpc) is 3.49. The van der Waals surface area contributed by atoms with Crippen molar-refractivity contribution in [2.75, 3.05) is 18.9 Å². The molecule has 8 heteroatoms. The number of rotatable bonds is 6. The Morgan fingerprint density at radius 1 is 1.10 bits per heavy atom. The highest BCUT2D eigenvalue weighted by Crippen LogP contribution is 2.47. The maximum atomic E-state index is 14.2. The number of amides is 3. The van der Waals surface area contributed by atoms with E-state index in [0.29, 0.717) is 22.7 Å². The van der Waals surface area contributed by atoms with Gasteiger partial charge in [0.15, 0.2) is 0 Å². The van der Waals surface area contributed by atoms with E-state index >= 15 is 0 Å². The van der Waals surface area contributed by atoms with Gasteiger partial charge in [-0.3, -0.25) is 24.1 Å². The van der Waals surface area contributed by atoms with Crippen molar-refractivity contribution in [3.63, 3.8) is 0 Å². The van der Waals surface area contributed by atoms with E-state index in [1.165, 1.54) is 9.80 Å². The third kappa shape index (κ3) is 4.73. The van der Waals surface area contributed by atoms with Crippen molar-refractivity contribution in [3.05, 3.63) is 100 Å². The summed E-state index contributed by atoms with van der Waals surface area (Å²) in [5, 5.41) is 3.22. The van der Waals surface area contributed by atoms with Gasteiger partial charge in [-0.2, -0.15) is 0 Å². The normalized spacial score (nSPS) is 20.2. The van der Waals surface area contributed by atoms with E-state index < -0.39 is 17.6 Å². The second-order valence-corrected chi connectivity index (χ2v) is 11.4. The summed E-state index contributed by atoms with van der Waals surface area (Å²) in [4.78, 5) is 47.9. The van der Waals surface area contributed by atoms with E-state index in [9.17, 15) is 14.4 Å². The molecule has 2 aliphatic heterocycles. The number of fused-ring (bicyclic) bond motifs is 2. The second-order valence-electron chi connectivity index (χ2n) is 11.0. The standard InChI is InChI=1S/C32H31ClN4O3/c1-20(2)16-27(36(4)29(38)23-17-22(14-15-25(23)33)21-10-6-5-7-11-21)30(39)37-19-32(18-28(37)34-3)24-12-8-9-13-26(24)35-31(32)40/h5-15,17,20,27-28H,16,18-19H2,1-2,4H3,(H,35,40)/t27-,28-,32-/m0/s1. The zero-order chi connectivity index (χ0) is 28.6. The second kappa shape index (κ2) is 10.8. The minimum Gasteiger partial charge on any atom is -0.330 e. The quantitative estimate of drug-likeness (QED) is 0.388. The van der Waals surface area contributed by atoms with Crippen molar-refractivity contribution in [1.29, 1.82) is 0 Å². The van der Waals surface area contributed by atoms with Gasteiger partial charge < -0.3 is 10.2 Å². The van der Waals surface area contributed by atoms with Gasteiger partial charge in [0.05, 0.1) is 17.0 Å². The fourth-order valence-corrected chi connectivity index (χ4v) is 6.05. The molecule has 1 fully saturated rings. The Balaban J connectivity index is 1.46. The number of benzene rings is 3. The van der Waals surface area contributed by atoms with E-state index in [2.05, 4.69) is 10.2 Å². The molecule has 204 valence electrons. The molecule has 1 spiro atoms. The van der Waals surface area contributed by atoms with Crippen LogP contribution in [0.5, 0.6) is 0 Å². The molecule has 3 amide bonds. The first-order valence-corrected chi connectivity index (χ1v) is 13.7. The minimum atomic E-state index is -0.986.